The summed E-state index contributed by atoms with van der Waals surface area (Å²) in [5.74, 6) is 1.44. The van der Waals surface area contributed by atoms with E-state index < -0.39 is 0 Å². The molecule has 134 valence electrons. The molecule has 0 aromatic heterocycles. The van der Waals surface area contributed by atoms with Crippen molar-refractivity contribution in [3.8, 4) is 11.5 Å². The fourth-order valence-electron chi connectivity index (χ4n) is 3.37. The predicted octanol–water partition coefficient (Wildman–Crippen LogP) is 1.47. The summed E-state index contributed by atoms with van der Waals surface area (Å²) in [5, 5.41) is 0. The Kier molecular flexibility index (Phi) is 4.88. The molecule has 2 aliphatic heterocycles. The first kappa shape index (κ1) is 16.7. The summed E-state index contributed by atoms with van der Waals surface area (Å²) in [6, 6.07) is 15.7. The molecule has 5 heteroatoms. The Labute approximate surface area is 153 Å². The van der Waals surface area contributed by atoms with Gasteiger partial charge in [0.15, 0.2) is 11.5 Å². The molecule has 2 aromatic carbocycles. The van der Waals surface area contributed by atoms with Gasteiger partial charge in [-0.15, -0.1) is 0 Å². The van der Waals surface area contributed by atoms with E-state index in [1.54, 1.807) is 6.07 Å². The first-order valence-corrected chi connectivity index (χ1v) is 9.04. The van der Waals surface area contributed by atoms with Crippen LogP contribution in [0.5, 0.6) is 11.5 Å². The molecular formula is C21H23N2O3+. The van der Waals surface area contributed by atoms with E-state index in [0.717, 1.165) is 32.7 Å². The van der Waals surface area contributed by atoms with Gasteiger partial charge in [0.1, 0.15) is 0 Å². The molecule has 1 saturated heterocycles. The molecule has 2 heterocycles. The van der Waals surface area contributed by atoms with Crippen molar-refractivity contribution in [1.82, 2.24) is 4.90 Å². The topological polar surface area (TPSA) is 43.2 Å². The lowest BCUT2D eigenvalue weighted by molar-refractivity contribution is -0.898. The molecule has 0 radical (unpaired) electrons. The third-order valence-electron chi connectivity index (χ3n) is 4.89. The van der Waals surface area contributed by atoms with E-state index in [1.807, 2.05) is 35.2 Å². The Hall–Kier alpha value is -2.79. The number of amides is 1. The highest BCUT2D eigenvalue weighted by Crippen LogP contribution is 2.32. The van der Waals surface area contributed by atoms with Crippen LogP contribution in [0.1, 0.15) is 15.9 Å². The van der Waals surface area contributed by atoms with Crippen molar-refractivity contribution >= 4 is 12.0 Å². The molecule has 0 spiro atoms. The highest BCUT2D eigenvalue weighted by Gasteiger charge is 2.25. The molecule has 0 bridgehead atoms. The molecule has 26 heavy (non-hydrogen) atoms. The molecule has 0 unspecified atom stereocenters. The van der Waals surface area contributed by atoms with Gasteiger partial charge in [-0.3, -0.25) is 4.79 Å². The molecule has 1 amide bonds. The van der Waals surface area contributed by atoms with Crippen LogP contribution in [0.4, 0.5) is 0 Å². The van der Waals surface area contributed by atoms with E-state index in [0.29, 0.717) is 17.1 Å². The predicted molar refractivity (Wildman–Crippen MR) is 99.5 cm³/mol. The summed E-state index contributed by atoms with van der Waals surface area (Å²) in [6.07, 6.45) is 4.39. The number of piperazine rings is 1. The number of hydrogen-bond acceptors (Lipinski definition) is 3. The van der Waals surface area contributed by atoms with Crippen molar-refractivity contribution < 1.29 is 19.2 Å². The molecule has 0 atom stereocenters. The average molecular weight is 351 g/mol. The quantitative estimate of drug-likeness (QED) is 0.907. The van der Waals surface area contributed by atoms with Gasteiger partial charge in [0.05, 0.1) is 32.7 Å². The van der Waals surface area contributed by atoms with E-state index in [2.05, 4.69) is 24.3 Å². The van der Waals surface area contributed by atoms with Crippen molar-refractivity contribution in [2.75, 3.05) is 39.5 Å². The van der Waals surface area contributed by atoms with Gasteiger partial charge >= 0.3 is 0 Å². The Morgan fingerprint density at radius 1 is 1.04 bits per heavy atom. The number of hydrogen-bond donors (Lipinski definition) is 1. The van der Waals surface area contributed by atoms with E-state index in [-0.39, 0.29) is 12.7 Å². The number of nitrogens with one attached hydrogen (secondary N) is 1. The van der Waals surface area contributed by atoms with Gasteiger partial charge in [-0.2, -0.15) is 0 Å². The van der Waals surface area contributed by atoms with Gasteiger partial charge in [0.2, 0.25) is 6.79 Å². The fraction of sp³-hybridized carbons (Fsp3) is 0.286. The normalized spacial score (nSPS) is 17.0. The summed E-state index contributed by atoms with van der Waals surface area (Å²) in [5.41, 5.74) is 1.89. The zero-order valence-electron chi connectivity index (χ0n) is 14.7. The van der Waals surface area contributed by atoms with E-state index in [9.17, 15) is 4.79 Å². The maximum absolute atomic E-state index is 12.7. The third kappa shape index (κ3) is 3.73. The average Bonchev–Trinajstić information content (AvgIpc) is 3.17. The molecule has 0 aliphatic carbocycles. The minimum atomic E-state index is 0.0715. The van der Waals surface area contributed by atoms with Crippen LogP contribution in [0.3, 0.4) is 0 Å². The summed E-state index contributed by atoms with van der Waals surface area (Å²) < 4.78 is 10.7. The van der Waals surface area contributed by atoms with Crippen molar-refractivity contribution in [2.45, 2.75) is 0 Å². The van der Waals surface area contributed by atoms with Crippen LogP contribution in [-0.2, 0) is 0 Å². The van der Waals surface area contributed by atoms with Crippen LogP contribution in [0, 0.1) is 0 Å². The third-order valence-corrected chi connectivity index (χ3v) is 4.89. The van der Waals surface area contributed by atoms with E-state index in [1.165, 1.54) is 10.5 Å². The smallest absolute Gasteiger partial charge is 0.254 e. The second kappa shape index (κ2) is 7.62. The molecule has 5 nitrogen and oxygen atoms in total. The zero-order chi connectivity index (χ0) is 17.8. The summed E-state index contributed by atoms with van der Waals surface area (Å²) in [7, 11) is 0. The largest absolute Gasteiger partial charge is 0.454 e. The highest BCUT2D eigenvalue weighted by molar-refractivity contribution is 5.95. The molecular weight excluding hydrogens is 328 g/mol. The standard InChI is InChI=1S/C21H22N2O3/c24-21(18-8-9-19-20(15-18)26-16-25-19)23-13-11-22(12-14-23)10-4-7-17-5-2-1-3-6-17/h1-9,15H,10-14,16H2/p+1/b7-4+. The van der Waals surface area contributed by atoms with Crippen LogP contribution in [0.15, 0.2) is 54.6 Å². The van der Waals surface area contributed by atoms with Gasteiger partial charge in [-0.1, -0.05) is 36.4 Å². The van der Waals surface area contributed by atoms with Crippen molar-refractivity contribution in [3.05, 3.63) is 65.7 Å². The van der Waals surface area contributed by atoms with Crippen molar-refractivity contribution in [2.24, 2.45) is 0 Å². The van der Waals surface area contributed by atoms with E-state index in [4.69, 9.17) is 9.47 Å². The van der Waals surface area contributed by atoms with Gasteiger partial charge in [0, 0.05) is 5.56 Å². The first-order valence-electron chi connectivity index (χ1n) is 9.04. The molecule has 2 aliphatic rings. The Morgan fingerprint density at radius 3 is 2.62 bits per heavy atom. The SMILES string of the molecule is O=C(c1ccc2c(c1)OCO2)N1CC[NH+](C/C=C/c2ccccc2)CC1. The lowest BCUT2D eigenvalue weighted by atomic mass is 10.1. The summed E-state index contributed by atoms with van der Waals surface area (Å²) >= 11 is 0. The number of quaternary nitrogens is 1. The number of ether oxygens (including phenoxy) is 2. The van der Waals surface area contributed by atoms with Gasteiger partial charge in [-0.25, -0.2) is 0 Å². The van der Waals surface area contributed by atoms with E-state index >= 15 is 0 Å². The number of benzene rings is 2. The number of nitrogens with zero attached hydrogens (tertiary/aromatic N) is 1. The number of fused-ring (bicyclic) bond motifs is 1. The van der Waals surface area contributed by atoms with Crippen molar-refractivity contribution in [1.29, 1.82) is 0 Å². The number of rotatable bonds is 4. The lowest BCUT2D eigenvalue weighted by Gasteiger charge is -2.31. The molecule has 1 fully saturated rings. The maximum atomic E-state index is 12.7. The highest BCUT2D eigenvalue weighted by atomic mass is 16.7. The first-order chi connectivity index (χ1) is 12.8. The Bertz CT molecular complexity index is 796. The fourth-order valence-corrected chi connectivity index (χ4v) is 3.37. The van der Waals surface area contributed by atoms with Crippen LogP contribution >= 0.6 is 0 Å². The molecule has 1 N–H and O–H groups in total. The van der Waals surface area contributed by atoms with Crippen LogP contribution in [0.2, 0.25) is 0 Å². The lowest BCUT2D eigenvalue weighted by Crippen LogP contribution is -3.14. The second-order valence-electron chi connectivity index (χ2n) is 6.63. The minimum Gasteiger partial charge on any atom is -0.454 e. The summed E-state index contributed by atoms with van der Waals surface area (Å²) in [4.78, 5) is 16.2. The zero-order valence-corrected chi connectivity index (χ0v) is 14.7. The van der Waals surface area contributed by atoms with Crippen LogP contribution < -0.4 is 14.4 Å². The van der Waals surface area contributed by atoms with Gasteiger partial charge in [0.25, 0.3) is 5.91 Å². The summed E-state index contributed by atoms with van der Waals surface area (Å²) in [6.45, 7) is 4.71. The van der Waals surface area contributed by atoms with Gasteiger partial charge in [-0.05, 0) is 29.8 Å². The molecule has 2 aromatic rings. The minimum absolute atomic E-state index is 0.0715. The molecule has 4 rings (SSSR count). The maximum Gasteiger partial charge on any atom is 0.254 e. The Balaban J connectivity index is 1.29. The van der Waals surface area contributed by atoms with Crippen LogP contribution in [-0.4, -0.2) is 50.3 Å². The van der Waals surface area contributed by atoms with Gasteiger partial charge < -0.3 is 19.3 Å². The Morgan fingerprint density at radius 2 is 1.81 bits per heavy atom. The monoisotopic (exact) mass is 351 g/mol. The second-order valence-corrected chi connectivity index (χ2v) is 6.63. The van der Waals surface area contributed by atoms with Crippen LogP contribution in [0.25, 0.3) is 6.08 Å². The van der Waals surface area contributed by atoms with Crippen molar-refractivity contribution in [3.63, 3.8) is 0 Å². The number of carbonyl (C=O) groups is 1. The molecule has 0 saturated carbocycles. The number of carbonyl (C=O) groups excluding carboxylic acids is 1.